The molecule has 1 N–H and O–H groups in total. The van der Waals surface area contributed by atoms with Gasteiger partial charge in [-0.3, -0.25) is 4.79 Å². The second-order valence-electron chi connectivity index (χ2n) is 2.88. The molecule has 18 heavy (non-hydrogen) atoms. The third kappa shape index (κ3) is 5.49. The first-order valence-corrected chi connectivity index (χ1v) is 5.67. The van der Waals surface area contributed by atoms with Gasteiger partial charge in [0.15, 0.2) is 0 Å². The number of hydrogen-bond donors (Lipinski definition) is 1. The van der Waals surface area contributed by atoms with E-state index in [4.69, 9.17) is 15.1 Å². The Morgan fingerprint density at radius 2 is 2.33 bits per heavy atom. The quantitative estimate of drug-likeness (QED) is 0.515. The fourth-order valence-electron chi connectivity index (χ4n) is 0.961. The minimum atomic E-state index is -5.14. The molecule has 5 nitrogen and oxygen atoms in total. The molecule has 7 heteroatoms. The molecule has 0 radical (unpaired) electrons. The Labute approximate surface area is 144 Å². The van der Waals surface area contributed by atoms with Crippen LogP contribution in [0.15, 0.2) is 18.1 Å². The van der Waals surface area contributed by atoms with Crippen molar-refractivity contribution >= 4 is 21.7 Å². The second-order valence-corrected chi connectivity index (χ2v) is 4.28. The number of hydrogen-bond acceptors (Lipinski definition) is 4. The summed E-state index contributed by atoms with van der Waals surface area (Å²) in [6.45, 7) is -6.77. The van der Waals surface area contributed by atoms with Crippen molar-refractivity contribution in [3.8, 4) is 0 Å². The molecule has 0 aliphatic rings. The van der Waals surface area contributed by atoms with Crippen LogP contribution in [0.2, 0.25) is 0 Å². The first-order valence-electron chi connectivity index (χ1n) is 9.60. The Bertz CT molecular complexity index is 911. The first kappa shape index (κ1) is 6.37. The average molecular weight is 290 g/mol. The maximum absolute atomic E-state index is 11.8. The molecule has 1 aromatic rings. The van der Waals surface area contributed by atoms with Gasteiger partial charge in [0, 0.05) is 16.7 Å². The van der Waals surface area contributed by atoms with E-state index in [-0.39, 0.29) is 29.6 Å². The van der Waals surface area contributed by atoms with Crippen LogP contribution in [0.5, 0.6) is 0 Å². The Kier molecular flexibility index (Phi) is 2.57. The molecule has 0 spiro atoms. The summed E-state index contributed by atoms with van der Waals surface area (Å²) in [6, 6.07) is -3.40. The number of amides is 1. The summed E-state index contributed by atoms with van der Waals surface area (Å²) in [4.78, 5) is 11.8. The maximum atomic E-state index is 11.8. The summed E-state index contributed by atoms with van der Waals surface area (Å²) < 4.78 is 115. The van der Waals surface area contributed by atoms with E-state index in [1.807, 2.05) is 0 Å². The summed E-state index contributed by atoms with van der Waals surface area (Å²) in [5.74, 6) is -3.31. The number of anilines is 1. The van der Waals surface area contributed by atoms with Crippen LogP contribution in [0.3, 0.4) is 0 Å². The standard InChI is InChI=1S/C11H15NO4S.Na/c1-3-9-6-4-5-8(2)11(9)12-10(13)7-17(14,15)16;/h4-6H,3,7H2,1-2H3,(H,12,13)(H,14,15,16);/q;+1/p-1/i1D3,2D3,3D2,4D,5D,6D;. The first-order chi connectivity index (χ1) is 12.2. The number of nitrogens with one attached hydrogen (secondary N) is 1. The molecule has 0 heterocycles. The number of benzene rings is 1. The van der Waals surface area contributed by atoms with Gasteiger partial charge >= 0.3 is 29.6 Å². The van der Waals surface area contributed by atoms with Gasteiger partial charge in [-0.15, -0.1) is 0 Å². The van der Waals surface area contributed by atoms with E-state index >= 15 is 0 Å². The monoisotopic (exact) mass is 290 g/mol. The molecule has 0 saturated heterocycles. The molecule has 0 aliphatic heterocycles. The van der Waals surface area contributed by atoms with E-state index in [9.17, 15) is 17.8 Å². The van der Waals surface area contributed by atoms with Crippen LogP contribution in [-0.2, 0) is 21.3 Å². The van der Waals surface area contributed by atoms with Crippen molar-refractivity contribution in [1.29, 1.82) is 0 Å². The molecule has 0 fully saturated rings. The predicted molar refractivity (Wildman–Crippen MR) is 63.8 cm³/mol. The second kappa shape index (κ2) is 7.25. The summed E-state index contributed by atoms with van der Waals surface area (Å²) in [5, 5.41) is 1.64. The Morgan fingerprint density at radius 1 is 1.61 bits per heavy atom. The van der Waals surface area contributed by atoms with Crippen molar-refractivity contribution < 1.29 is 62.4 Å². The van der Waals surface area contributed by atoms with Gasteiger partial charge in [-0.1, -0.05) is 25.0 Å². The van der Waals surface area contributed by atoms with Crippen molar-refractivity contribution in [3.05, 3.63) is 29.3 Å². The molecule has 1 rings (SSSR count). The van der Waals surface area contributed by atoms with Crippen LogP contribution in [0, 0.1) is 6.85 Å². The average Bonchev–Trinajstić information content (AvgIpc) is 2.39. The normalized spacial score (nSPS) is 21.7. The zero-order valence-corrected chi connectivity index (χ0v) is 12.1. The molecule has 0 aromatic heterocycles. The van der Waals surface area contributed by atoms with Crippen molar-refractivity contribution in [2.45, 2.75) is 20.1 Å². The predicted octanol–water partition coefficient (Wildman–Crippen LogP) is -1.95. The van der Waals surface area contributed by atoms with Gasteiger partial charge in [0.25, 0.3) is 0 Å². The van der Waals surface area contributed by atoms with E-state index in [2.05, 4.69) is 0 Å². The molecule has 0 unspecified atom stereocenters. The fourth-order valence-corrected chi connectivity index (χ4v) is 1.35. The van der Waals surface area contributed by atoms with Crippen molar-refractivity contribution in [1.82, 2.24) is 0 Å². The smallest absolute Gasteiger partial charge is 0.748 e. The minimum absolute atomic E-state index is 0. The van der Waals surface area contributed by atoms with Gasteiger partial charge in [-0.2, -0.15) is 0 Å². The third-order valence-corrected chi connectivity index (χ3v) is 2.19. The summed E-state index contributed by atoms with van der Waals surface area (Å²) >= 11 is 0. The SMILES string of the molecule is [2H]c1c([2H])c(C([2H])([2H])[2H])c(NC(=O)CS(=O)(=O)[O-])c(C([2H])([2H])C([2H])([2H])[2H])c1[2H].[Na+]. The number of carbonyl (C=O) groups excluding carboxylic acids is 1. The summed E-state index contributed by atoms with van der Waals surface area (Å²) in [6.07, 6.45) is -3.47. The van der Waals surface area contributed by atoms with Gasteiger partial charge < -0.3 is 9.87 Å². The number of para-hydroxylation sites is 1. The van der Waals surface area contributed by atoms with Crippen molar-refractivity contribution in [2.75, 3.05) is 11.1 Å². The molecular weight excluding hydrogens is 265 g/mol. The number of carbonyl (C=O) groups is 1. The molecule has 1 aromatic carbocycles. The van der Waals surface area contributed by atoms with Crippen LogP contribution in [0.25, 0.3) is 0 Å². The zero-order valence-electron chi connectivity index (χ0n) is 20.2. The van der Waals surface area contributed by atoms with Crippen LogP contribution < -0.4 is 34.9 Å². The van der Waals surface area contributed by atoms with E-state index in [1.54, 1.807) is 5.32 Å². The Hall–Kier alpha value is -0.400. The largest absolute Gasteiger partial charge is 1.00 e. The molecule has 0 atom stereocenters. The molecule has 0 bridgehead atoms. The van der Waals surface area contributed by atoms with Crippen LogP contribution in [-0.4, -0.2) is 24.6 Å². The third-order valence-electron chi connectivity index (χ3n) is 1.57. The van der Waals surface area contributed by atoms with Crippen molar-refractivity contribution in [3.63, 3.8) is 0 Å². The molecule has 1 amide bonds. The summed E-state index contributed by atoms with van der Waals surface area (Å²) in [7, 11) is -5.14. The van der Waals surface area contributed by atoms with Crippen LogP contribution in [0.4, 0.5) is 5.69 Å². The van der Waals surface area contributed by atoms with E-state index in [0.717, 1.165) is 0 Å². The van der Waals surface area contributed by atoms with E-state index in [1.165, 1.54) is 0 Å². The Morgan fingerprint density at radius 3 is 2.89 bits per heavy atom. The maximum Gasteiger partial charge on any atom is 1.00 e. The molecular formula is C11H14NNaO4S. The molecule has 0 aliphatic carbocycles. The van der Waals surface area contributed by atoms with Crippen LogP contribution in [0.1, 0.15) is 33.1 Å². The topological polar surface area (TPSA) is 86.3 Å². The van der Waals surface area contributed by atoms with E-state index < -0.39 is 76.8 Å². The minimum Gasteiger partial charge on any atom is -0.748 e. The van der Waals surface area contributed by atoms with Gasteiger partial charge in [-0.25, -0.2) is 8.42 Å². The van der Waals surface area contributed by atoms with Crippen molar-refractivity contribution in [2.24, 2.45) is 0 Å². The van der Waals surface area contributed by atoms with E-state index in [0.29, 0.717) is 0 Å². The molecule has 0 saturated carbocycles. The fraction of sp³-hybridized carbons (Fsp3) is 0.364. The van der Waals surface area contributed by atoms with Crippen LogP contribution >= 0.6 is 0 Å². The number of rotatable bonds is 4. The van der Waals surface area contributed by atoms with Gasteiger partial charge in [0.1, 0.15) is 15.9 Å². The van der Waals surface area contributed by atoms with Gasteiger partial charge in [0.2, 0.25) is 5.91 Å². The summed E-state index contributed by atoms with van der Waals surface area (Å²) in [5.41, 5.74) is -3.55. The zero-order chi connectivity index (χ0) is 22.5. The van der Waals surface area contributed by atoms with Gasteiger partial charge in [-0.05, 0) is 24.4 Å². The Balaban J connectivity index is 0.00000784. The molecule has 94 valence electrons. The van der Waals surface area contributed by atoms with Gasteiger partial charge in [0.05, 0.1) is 4.11 Å².